The fraction of sp³-hybridized carbons (Fsp3) is 0.0870. The largest absolute Gasteiger partial charge is 0.374 e. The van der Waals surface area contributed by atoms with E-state index in [1.807, 2.05) is 42.5 Å². The quantitative estimate of drug-likeness (QED) is 0.673. The molecule has 3 aromatic rings. The van der Waals surface area contributed by atoms with Crippen molar-refractivity contribution in [3.63, 3.8) is 0 Å². The van der Waals surface area contributed by atoms with Gasteiger partial charge in [0.15, 0.2) is 0 Å². The van der Waals surface area contributed by atoms with Crippen LogP contribution in [0.1, 0.15) is 22.0 Å². The van der Waals surface area contributed by atoms with Crippen molar-refractivity contribution in [1.29, 1.82) is 0 Å². The summed E-state index contributed by atoms with van der Waals surface area (Å²) in [7, 11) is 0. The summed E-state index contributed by atoms with van der Waals surface area (Å²) in [6.07, 6.45) is 2.18. The Morgan fingerprint density at radius 3 is 2.19 bits per heavy atom. The van der Waals surface area contributed by atoms with Gasteiger partial charge < -0.3 is 10.6 Å². The number of carbonyl (C=O) groups is 1. The van der Waals surface area contributed by atoms with Crippen molar-refractivity contribution in [1.82, 2.24) is 5.32 Å². The fourth-order valence-electron chi connectivity index (χ4n) is 3.59. The molecule has 5 rings (SSSR count). The van der Waals surface area contributed by atoms with E-state index in [1.54, 1.807) is 0 Å². The molecule has 0 saturated carbocycles. The monoisotopic (exact) mass is 338 g/mol. The van der Waals surface area contributed by atoms with E-state index >= 15 is 0 Å². The van der Waals surface area contributed by atoms with Crippen LogP contribution in [0.2, 0.25) is 0 Å². The summed E-state index contributed by atoms with van der Waals surface area (Å²) in [6.45, 7) is 0. The molecule has 1 aliphatic carbocycles. The molecule has 0 fully saturated rings. The van der Waals surface area contributed by atoms with Crippen LogP contribution < -0.4 is 10.6 Å². The second kappa shape index (κ2) is 5.88. The lowest BCUT2D eigenvalue weighted by atomic mass is 9.98. The topological polar surface area (TPSA) is 41.1 Å². The molecule has 2 aliphatic rings. The van der Waals surface area contributed by atoms with Crippen LogP contribution in [0.15, 0.2) is 90.5 Å². The zero-order chi connectivity index (χ0) is 17.5. The number of rotatable bonds is 2. The minimum absolute atomic E-state index is 0.0449. The normalized spacial score (nSPS) is 20.5. The van der Waals surface area contributed by atoms with Gasteiger partial charge in [-0.05, 0) is 34.4 Å². The van der Waals surface area contributed by atoms with Crippen molar-refractivity contribution in [2.75, 3.05) is 5.32 Å². The first kappa shape index (κ1) is 15.0. The molecule has 3 heteroatoms. The van der Waals surface area contributed by atoms with E-state index in [2.05, 4.69) is 53.1 Å². The Bertz CT molecular complexity index is 1010. The van der Waals surface area contributed by atoms with Crippen molar-refractivity contribution >= 4 is 11.6 Å². The molecule has 1 heterocycles. The van der Waals surface area contributed by atoms with Crippen LogP contribution >= 0.6 is 0 Å². The van der Waals surface area contributed by atoms with Gasteiger partial charge in [-0.25, -0.2) is 0 Å². The van der Waals surface area contributed by atoms with Gasteiger partial charge in [0, 0.05) is 5.69 Å². The van der Waals surface area contributed by atoms with Crippen LogP contribution in [-0.2, 0) is 0 Å². The summed E-state index contributed by atoms with van der Waals surface area (Å²) in [5, 5.41) is 6.65. The maximum Gasteiger partial charge on any atom is 0.254 e. The number of anilines is 1. The predicted octanol–water partition coefficient (Wildman–Crippen LogP) is 4.56. The number of para-hydroxylation sites is 1. The van der Waals surface area contributed by atoms with Gasteiger partial charge in [0.1, 0.15) is 0 Å². The molecule has 126 valence electrons. The first-order valence-electron chi connectivity index (χ1n) is 8.83. The molecule has 3 aromatic carbocycles. The van der Waals surface area contributed by atoms with Crippen LogP contribution in [0.4, 0.5) is 5.69 Å². The Hall–Kier alpha value is -3.33. The summed E-state index contributed by atoms with van der Waals surface area (Å²) in [5.41, 5.74) is 6.28. The maximum atomic E-state index is 12.7. The highest BCUT2D eigenvalue weighted by molar-refractivity contribution is 6.01. The zero-order valence-electron chi connectivity index (χ0n) is 14.1. The van der Waals surface area contributed by atoms with Crippen LogP contribution in [0.3, 0.4) is 0 Å². The molecule has 0 spiro atoms. The third kappa shape index (κ3) is 2.58. The Balaban J connectivity index is 1.46. The summed E-state index contributed by atoms with van der Waals surface area (Å²) in [4.78, 5) is 12.7. The second-order valence-corrected chi connectivity index (χ2v) is 6.73. The third-order valence-electron chi connectivity index (χ3n) is 5.05. The number of benzene rings is 3. The van der Waals surface area contributed by atoms with Gasteiger partial charge in [-0.3, -0.25) is 4.79 Å². The van der Waals surface area contributed by atoms with Crippen LogP contribution in [0.5, 0.6) is 0 Å². The number of hydrogen-bond donors (Lipinski definition) is 2. The van der Waals surface area contributed by atoms with Crippen molar-refractivity contribution in [2.24, 2.45) is 0 Å². The van der Waals surface area contributed by atoms with Gasteiger partial charge in [-0.15, -0.1) is 0 Å². The van der Waals surface area contributed by atoms with E-state index in [-0.39, 0.29) is 18.0 Å². The van der Waals surface area contributed by atoms with E-state index in [0.29, 0.717) is 5.56 Å². The number of fused-ring (bicyclic) bond motifs is 2. The number of hydrogen-bond acceptors (Lipinski definition) is 2. The maximum absolute atomic E-state index is 12.7. The van der Waals surface area contributed by atoms with E-state index in [4.69, 9.17) is 0 Å². The van der Waals surface area contributed by atoms with Crippen molar-refractivity contribution < 1.29 is 4.79 Å². The molecule has 0 aromatic heterocycles. The van der Waals surface area contributed by atoms with Crippen LogP contribution in [-0.4, -0.2) is 11.9 Å². The van der Waals surface area contributed by atoms with Crippen molar-refractivity contribution in [2.45, 2.75) is 12.1 Å². The molecule has 2 unspecified atom stereocenters. The second-order valence-electron chi connectivity index (χ2n) is 6.73. The molecular formula is C23H18N2O. The molecule has 2 atom stereocenters. The molecule has 0 bridgehead atoms. The lowest BCUT2D eigenvalue weighted by molar-refractivity contribution is 0.0943. The Morgan fingerprint density at radius 2 is 1.38 bits per heavy atom. The third-order valence-corrected chi connectivity index (χ3v) is 5.05. The van der Waals surface area contributed by atoms with Gasteiger partial charge in [0.25, 0.3) is 5.91 Å². The Kier molecular flexibility index (Phi) is 3.39. The van der Waals surface area contributed by atoms with Gasteiger partial charge in [0.05, 0.1) is 17.6 Å². The zero-order valence-corrected chi connectivity index (χ0v) is 14.1. The minimum Gasteiger partial charge on any atom is -0.374 e. The molecule has 3 nitrogen and oxygen atoms in total. The van der Waals surface area contributed by atoms with Gasteiger partial charge in [0.2, 0.25) is 0 Å². The van der Waals surface area contributed by atoms with Gasteiger partial charge >= 0.3 is 0 Å². The highest BCUT2D eigenvalue weighted by atomic mass is 16.1. The Labute approximate surface area is 152 Å². The fourth-order valence-corrected chi connectivity index (χ4v) is 3.59. The van der Waals surface area contributed by atoms with Crippen molar-refractivity contribution in [3.05, 3.63) is 102 Å². The summed E-state index contributed by atoms with van der Waals surface area (Å²) >= 11 is 0. The lowest BCUT2D eigenvalue weighted by Crippen LogP contribution is -2.32. The molecule has 1 amide bonds. The first-order valence-corrected chi connectivity index (χ1v) is 8.83. The number of amides is 1. The average Bonchev–Trinajstić information content (AvgIpc) is 3.44. The highest BCUT2D eigenvalue weighted by Crippen LogP contribution is 2.39. The van der Waals surface area contributed by atoms with E-state index in [0.717, 1.165) is 11.3 Å². The van der Waals surface area contributed by atoms with E-state index in [9.17, 15) is 4.79 Å². The minimum atomic E-state index is -0.0850. The van der Waals surface area contributed by atoms with Crippen LogP contribution in [0.25, 0.3) is 11.1 Å². The van der Waals surface area contributed by atoms with Crippen LogP contribution in [0, 0.1) is 0 Å². The smallest absolute Gasteiger partial charge is 0.254 e. The summed E-state index contributed by atoms with van der Waals surface area (Å²) in [5.74, 6) is -0.0449. The van der Waals surface area contributed by atoms with E-state index in [1.165, 1.54) is 16.7 Å². The molecular weight excluding hydrogens is 320 g/mol. The van der Waals surface area contributed by atoms with Gasteiger partial charge in [-0.1, -0.05) is 72.8 Å². The van der Waals surface area contributed by atoms with E-state index < -0.39 is 0 Å². The molecule has 26 heavy (non-hydrogen) atoms. The Morgan fingerprint density at radius 1 is 0.692 bits per heavy atom. The molecule has 1 aliphatic heterocycles. The highest BCUT2D eigenvalue weighted by Gasteiger charge is 2.36. The summed E-state index contributed by atoms with van der Waals surface area (Å²) in [6, 6.07) is 26.6. The average molecular weight is 338 g/mol. The molecule has 0 saturated heterocycles. The molecule has 0 radical (unpaired) electrons. The SMILES string of the molecule is O=C1NC(c2ccc(-c3ccccc3)cc2)C2=CC2Nc2ccccc21. The predicted molar refractivity (Wildman–Crippen MR) is 104 cm³/mol. The lowest BCUT2D eigenvalue weighted by Gasteiger charge is -2.23. The first-order chi connectivity index (χ1) is 12.8. The van der Waals surface area contributed by atoms with Gasteiger partial charge in [-0.2, -0.15) is 0 Å². The number of carbonyl (C=O) groups excluding carboxylic acids is 1. The van der Waals surface area contributed by atoms with Crippen molar-refractivity contribution in [3.8, 4) is 11.1 Å². The standard InChI is InChI=1S/C23H18N2O/c26-23-18-8-4-5-9-20(18)24-21-14-19(21)22(25-23)17-12-10-16(11-13-17)15-6-2-1-3-7-15/h1-14,21-22,24H,(H,25,26). The molecule has 2 N–H and O–H groups in total. The summed E-state index contributed by atoms with van der Waals surface area (Å²) < 4.78 is 0. The number of nitrogens with one attached hydrogen (secondary N) is 2.